The number of fused-ring (bicyclic) bond motifs is 1. The summed E-state index contributed by atoms with van der Waals surface area (Å²) >= 11 is 0. The number of aldehydes is 1. The fourth-order valence-electron chi connectivity index (χ4n) is 3.61. The third kappa shape index (κ3) is 2.92. The highest BCUT2D eigenvalue weighted by Crippen LogP contribution is 2.34. The quantitative estimate of drug-likeness (QED) is 0.440. The van der Waals surface area contributed by atoms with Gasteiger partial charge in [-0.3, -0.25) is 14.9 Å². The van der Waals surface area contributed by atoms with Crippen LogP contribution in [-0.2, 0) is 0 Å². The molecule has 26 heavy (non-hydrogen) atoms. The van der Waals surface area contributed by atoms with Gasteiger partial charge < -0.3 is 9.88 Å². The first-order valence-corrected chi connectivity index (χ1v) is 8.59. The van der Waals surface area contributed by atoms with E-state index in [2.05, 4.69) is 9.97 Å². The molecule has 1 saturated heterocycles. The molecule has 4 rings (SSSR count). The number of hydrogen-bond acceptors (Lipinski definition) is 5. The van der Waals surface area contributed by atoms with Gasteiger partial charge >= 0.3 is 0 Å². The Morgan fingerprint density at radius 3 is 2.88 bits per heavy atom. The van der Waals surface area contributed by atoms with Crippen molar-refractivity contribution >= 4 is 28.7 Å². The van der Waals surface area contributed by atoms with Crippen LogP contribution < -0.4 is 4.90 Å². The first kappa shape index (κ1) is 16.3. The summed E-state index contributed by atoms with van der Waals surface area (Å²) in [5.74, 6) is 1.10. The molecule has 3 aromatic rings. The molecule has 2 aromatic carbocycles. The van der Waals surface area contributed by atoms with E-state index in [1.54, 1.807) is 12.1 Å². The lowest BCUT2D eigenvalue weighted by atomic mass is 9.96. The zero-order valence-electron chi connectivity index (χ0n) is 14.1. The Bertz CT molecular complexity index is 949. The van der Waals surface area contributed by atoms with E-state index in [9.17, 15) is 14.9 Å². The van der Waals surface area contributed by atoms with E-state index < -0.39 is 4.92 Å². The number of aromatic amines is 1. The molecule has 0 aliphatic carbocycles. The van der Waals surface area contributed by atoms with Crippen LogP contribution in [0.2, 0.25) is 0 Å². The number of imidazole rings is 1. The number of carbonyl (C=O) groups is 1. The number of anilines is 1. The molecule has 7 nitrogen and oxygen atoms in total. The Morgan fingerprint density at radius 2 is 2.12 bits per heavy atom. The lowest BCUT2D eigenvalue weighted by Gasteiger charge is -2.33. The Balaban J connectivity index is 1.64. The van der Waals surface area contributed by atoms with Gasteiger partial charge in [-0.25, -0.2) is 4.98 Å². The largest absolute Gasteiger partial charge is 0.365 e. The van der Waals surface area contributed by atoms with E-state index in [-0.39, 0.29) is 11.6 Å². The van der Waals surface area contributed by atoms with Crippen molar-refractivity contribution < 1.29 is 9.72 Å². The number of carbonyl (C=O) groups excluding carboxylic acids is 1. The molecule has 1 fully saturated rings. The number of aromatic nitrogens is 2. The zero-order chi connectivity index (χ0) is 18.1. The summed E-state index contributed by atoms with van der Waals surface area (Å²) in [6, 6.07) is 12.5. The summed E-state index contributed by atoms with van der Waals surface area (Å²) in [5.41, 5.74) is 2.77. The van der Waals surface area contributed by atoms with E-state index in [1.807, 2.05) is 29.2 Å². The summed E-state index contributed by atoms with van der Waals surface area (Å²) in [5, 5.41) is 11.4. The number of H-pyrrole nitrogens is 1. The molecule has 0 spiro atoms. The van der Waals surface area contributed by atoms with Crippen LogP contribution in [0, 0.1) is 10.1 Å². The highest BCUT2D eigenvalue weighted by molar-refractivity contribution is 5.80. The molecule has 132 valence electrons. The van der Waals surface area contributed by atoms with Crippen LogP contribution in [0.4, 0.5) is 11.4 Å². The molecule has 1 N–H and O–H groups in total. The van der Waals surface area contributed by atoms with Crippen LogP contribution in [0.3, 0.4) is 0 Å². The Kier molecular flexibility index (Phi) is 4.12. The van der Waals surface area contributed by atoms with Crippen LogP contribution in [0.15, 0.2) is 42.5 Å². The van der Waals surface area contributed by atoms with Crippen molar-refractivity contribution in [3.8, 4) is 0 Å². The van der Waals surface area contributed by atoms with Gasteiger partial charge in [0.2, 0.25) is 0 Å². The normalized spacial score (nSPS) is 17.4. The highest BCUT2D eigenvalue weighted by Gasteiger charge is 2.28. The van der Waals surface area contributed by atoms with E-state index in [0.29, 0.717) is 24.1 Å². The maximum atomic E-state index is 11.4. The lowest BCUT2D eigenvalue weighted by Crippen LogP contribution is -2.35. The summed E-state index contributed by atoms with van der Waals surface area (Å²) < 4.78 is 0. The molecular weight excluding hydrogens is 332 g/mol. The maximum Gasteiger partial charge on any atom is 0.293 e. The van der Waals surface area contributed by atoms with Gasteiger partial charge in [0, 0.05) is 30.6 Å². The fraction of sp³-hybridized carbons (Fsp3) is 0.263. The first-order chi connectivity index (χ1) is 12.7. The second-order valence-corrected chi connectivity index (χ2v) is 6.55. The molecular formula is C19H18N4O3. The number of hydrogen-bond donors (Lipinski definition) is 1. The molecule has 7 heteroatoms. The average molecular weight is 350 g/mol. The molecule has 0 saturated carbocycles. The van der Waals surface area contributed by atoms with Gasteiger partial charge in [-0.15, -0.1) is 0 Å². The standard InChI is InChI=1S/C19H18N4O3/c24-12-13-7-8-17(18(10-13)23(25)26)22-9-3-4-14(11-22)19-20-15-5-1-2-6-16(15)21-19/h1-2,5-8,10,12,14H,3-4,9,11H2,(H,20,21)/t14-/m1/s1. The third-order valence-electron chi connectivity index (χ3n) is 4.89. The minimum atomic E-state index is -0.423. The molecule has 1 aliphatic heterocycles. The summed E-state index contributed by atoms with van der Waals surface area (Å²) in [6.45, 7) is 1.40. The van der Waals surface area contributed by atoms with E-state index in [0.717, 1.165) is 36.2 Å². The van der Waals surface area contributed by atoms with Crippen molar-refractivity contribution in [1.82, 2.24) is 9.97 Å². The van der Waals surface area contributed by atoms with Crippen LogP contribution in [-0.4, -0.2) is 34.3 Å². The van der Waals surface area contributed by atoms with Gasteiger partial charge in [0.25, 0.3) is 5.69 Å². The monoisotopic (exact) mass is 350 g/mol. The second-order valence-electron chi connectivity index (χ2n) is 6.55. The number of nitrogens with zero attached hydrogens (tertiary/aromatic N) is 3. The molecule has 1 aromatic heterocycles. The Labute approximate surface area is 149 Å². The van der Waals surface area contributed by atoms with E-state index >= 15 is 0 Å². The van der Waals surface area contributed by atoms with E-state index in [1.165, 1.54) is 6.07 Å². The number of nitro benzene ring substituents is 1. The number of nitrogens with one attached hydrogen (secondary N) is 1. The van der Waals surface area contributed by atoms with Crippen molar-refractivity contribution in [1.29, 1.82) is 0 Å². The number of rotatable bonds is 4. The van der Waals surface area contributed by atoms with Crippen LogP contribution in [0.5, 0.6) is 0 Å². The predicted octanol–water partition coefficient (Wildman–Crippen LogP) is 3.67. The number of benzene rings is 2. The first-order valence-electron chi connectivity index (χ1n) is 8.59. The maximum absolute atomic E-state index is 11.4. The Morgan fingerprint density at radius 1 is 1.27 bits per heavy atom. The van der Waals surface area contributed by atoms with Gasteiger partial charge in [0.15, 0.2) is 0 Å². The Hall–Kier alpha value is -3.22. The molecule has 1 atom stereocenters. The molecule has 0 amide bonds. The molecule has 0 bridgehead atoms. The topological polar surface area (TPSA) is 92.1 Å². The van der Waals surface area contributed by atoms with Crippen molar-refractivity contribution in [2.75, 3.05) is 18.0 Å². The van der Waals surface area contributed by atoms with Gasteiger partial charge in [0.05, 0.1) is 16.0 Å². The van der Waals surface area contributed by atoms with Crippen molar-refractivity contribution in [3.05, 3.63) is 64.0 Å². The van der Waals surface area contributed by atoms with E-state index in [4.69, 9.17) is 0 Å². The zero-order valence-corrected chi connectivity index (χ0v) is 14.1. The van der Waals surface area contributed by atoms with Crippen LogP contribution in [0.25, 0.3) is 11.0 Å². The second kappa shape index (κ2) is 6.59. The third-order valence-corrected chi connectivity index (χ3v) is 4.89. The van der Waals surface area contributed by atoms with Crippen LogP contribution in [0.1, 0.15) is 34.9 Å². The molecule has 1 aliphatic rings. The van der Waals surface area contributed by atoms with Crippen molar-refractivity contribution in [2.24, 2.45) is 0 Å². The van der Waals surface area contributed by atoms with Gasteiger partial charge in [-0.1, -0.05) is 12.1 Å². The average Bonchev–Trinajstić information content (AvgIpc) is 3.12. The van der Waals surface area contributed by atoms with Gasteiger partial charge in [-0.2, -0.15) is 0 Å². The van der Waals surface area contributed by atoms with Gasteiger partial charge in [0.1, 0.15) is 17.8 Å². The lowest BCUT2D eigenvalue weighted by molar-refractivity contribution is -0.384. The smallest absolute Gasteiger partial charge is 0.293 e. The van der Waals surface area contributed by atoms with Crippen molar-refractivity contribution in [2.45, 2.75) is 18.8 Å². The number of piperidine rings is 1. The predicted molar refractivity (Wildman–Crippen MR) is 98.8 cm³/mol. The van der Waals surface area contributed by atoms with Crippen molar-refractivity contribution in [3.63, 3.8) is 0 Å². The molecule has 0 unspecified atom stereocenters. The molecule has 0 radical (unpaired) electrons. The van der Waals surface area contributed by atoms with Gasteiger partial charge in [-0.05, 0) is 37.1 Å². The minimum absolute atomic E-state index is 0.0279. The number of nitro groups is 1. The fourth-order valence-corrected chi connectivity index (χ4v) is 3.61. The summed E-state index contributed by atoms with van der Waals surface area (Å²) in [7, 11) is 0. The SMILES string of the molecule is O=Cc1ccc(N2CCC[C@@H](c3nc4ccccc4[nH]3)C2)c([N+](=O)[O-])c1. The summed E-state index contributed by atoms with van der Waals surface area (Å²) in [6.07, 6.45) is 2.54. The van der Waals surface area contributed by atoms with Crippen LogP contribution >= 0.6 is 0 Å². The number of para-hydroxylation sites is 2. The summed E-state index contributed by atoms with van der Waals surface area (Å²) in [4.78, 5) is 32.0. The molecule has 2 heterocycles. The minimum Gasteiger partial charge on any atom is -0.365 e. The highest BCUT2D eigenvalue weighted by atomic mass is 16.6.